The lowest BCUT2D eigenvalue weighted by atomic mass is 10.2. The van der Waals surface area contributed by atoms with E-state index in [9.17, 15) is 4.79 Å². The second-order valence-electron chi connectivity index (χ2n) is 10.6. The molecule has 0 bridgehead atoms. The maximum absolute atomic E-state index is 12.9. The summed E-state index contributed by atoms with van der Waals surface area (Å²) in [5, 5.41) is 8.43. The summed E-state index contributed by atoms with van der Waals surface area (Å²) in [6.45, 7) is 19.2. The van der Waals surface area contributed by atoms with Gasteiger partial charge in [-0.2, -0.15) is 0 Å². The number of fused-ring (bicyclic) bond motifs is 1. The number of rotatable bonds is 12. The third-order valence-electron chi connectivity index (χ3n) is 4.72. The molecule has 0 radical (unpaired) electrons. The van der Waals surface area contributed by atoms with Crippen LogP contribution in [0.2, 0.25) is 51.4 Å². The molecule has 9 nitrogen and oxygen atoms in total. The zero-order chi connectivity index (χ0) is 23.2. The van der Waals surface area contributed by atoms with Gasteiger partial charge in [0.05, 0.1) is 0 Å². The van der Waals surface area contributed by atoms with Crippen LogP contribution in [0.4, 0.5) is 5.82 Å². The first kappa shape index (κ1) is 25.6. The Hall–Kier alpha value is -1.70. The van der Waals surface area contributed by atoms with Crippen molar-refractivity contribution in [2.75, 3.05) is 24.8 Å². The Morgan fingerprint density at radius 1 is 1.03 bits per heavy atom. The number of hydrogen-bond donors (Lipinski definition) is 0. The third-order valence-corrected chi connectivity index (χ3v) is 8.13. The second-order valence-corrected chi connectivity index (χ2v) is 21.8. The maximum Gasteiger partial charge on any atom is 0.232 e. The minimum absolute atomic E-state index is 0.0751. The molecule has 2 aromatic heterocycles. The molecule has 0 spiro atoms. The van der Waals surface area contributed by atoms with Crippen molar-refractivity contribution in [3.8, 4) is 0 Å². The van der Waals surface area contributed by atoms with E-state index in [-0.39, 0.29) is 25.3 Å². The lowest BCUT2D eigenvalue weighted by Crippen LogP contribution is -2.37. The largest absolute Gasteiger partial charge is 0.361 e. The number of hydrogen-bond acceptors (Lipinski definition) is 7. The van der Waals surface area contributed by atoms with Gasteiger partial charge < -0.3 is 9.47 Å². The van der Waals surface area contributed by atoms with Gasteiger partial charge in [0, 0.05) is 35.3 Å². The van der Waals surface area contributed by atoms with Crippen LogP contribution in [-0.2, 0) is 21.0 Å². The summed E-state index contributed by atoms with van der Waals surface area (Å²) in [6.07, 6.45) is 1.43. The summed E-state index contributed by atoms with van der Waals surface area (Å²) in [7, 11) is -2.38. The highest BCUT2D eigenvalue weighted by molar-refractivity contribution is 6.76. The normalized spacial score (nSPS) is 12.7. The van der Waals surface area contributed by atoms with Crippen molar-refractivity contribution in [1.29, 1.82) is 0 Å². The van der Waals surface area contributed by atoms with Crippen molar-refractivity contribution in [3.63, 3.8) is 0 Å². The number of anilines is 1. The molecule has 0 unspecified atom stereocenters. The minimum Gasteiger partial charge on any atom is -0.361 e. The molecule has 31 heavy (non-hydrogen) atoms. The molecule has 1 amide bonds. The zero-order valence-corrected chi connectivity index (χ0v) is 22.3. The highest BCUT2D eigenvalue weighted by atomic mass is 28.3. The van der Waals surface area contributed by atoms with Gasteiger partial charge in [-0.1, -0.05) is 58.3 Å². The van der Waals surface area contributed by atoms with E-state index in [2.05, 4.69) is 59.6 Å². The van der Waals surface area contributed by atoms with E-state index >= 15 is 0 Å². The second kappa shape index (κ2) is 10.7. The van der Waals surface area contributed by atoms with Crippen molar-refractivity contribution in [2.45, 2.75) is 71.9 Å². The Morgan fingerprint density at radius 2 is 1.65 bits per heavy atom. The van der Waals surface area contributed by atoms with Crippen LogP contribution >= 0.6 is 0 Å². The summed E-state index contributed by atoms with van der Waals surface area (Å²) in [6, 6.07) is 2.10. The lowest BCUT2D eigenvalue weighted by Gasteiger charge is -2.24. The first-order chi connectivity index (χ1) is 14.4. The average Bonchev–Trinajstić information content (AvgIpc) is 3.06. The molecule has 0 aliphatic carbocycles. The molecule has 0 aliphatic heterocycles. The minimum atomic E-state index is -1.22. The van der Waals surface area contributed by atoms with E-state index < -0.39 is 16.1 Å². The van der Waals surface area contributed by atoms with Crippen molar-refractivity contribution in [3.05, 3.63) is 6.33 Å². The maximum atomic E-state index is 12.9. The Kier molecular flexibility index (Phi) is 8.86. The number of carbonyl (C=O) groups is 1. The van der Waals surface area contributed by atoms with Crippen molar-refractivity contribution < 1.29 is 14.3 Å². The Labute approximate surface area is 187 Å². The molecule has 11 heteroatoms. The standard InChI is InChI=1S/C20H38N6O3Si2/c1-16(2)20(27)25(14-28-9-11-30(3,4)5)18-17-19(22-13-21-18)26(24-23-17)15-29-10-12-31(6,7)8/h13,16H,9-12,14-15H2,1-8H3. The highest BCUT2D eigenvalue weighted by Gasteiger charge is 2.25. The van der Waals surface area contributed by atoms with Gasteiger partial charge in [0.15, 0.2) is 17.0 Å². The molecule has 0 aliphatic rings. The van der Waals surface area contributed by atoms with Crippen molar-refractivity contribution >= 4 is 39.0 Å². The van der Waals surface area contributed by atoms with Gasteiger partial charge in [-0.05, 0) is 12.1 Å². The Morgan fingerprint density at radius 3 is 2.23 bits per heavy atom. The van der Waals surface area contributed by atoms with Gasteiger partial charge in [0.25, 0.3) is 0 Å². The number of carbonyl (C=O) groups excluding carboxylic acids is 1. The SMILES string of the molecule is CC(C)C(=O)N(COCC[Si](C)(C)C)c1ncnc2c1nnn2COCC[Si](C)(C)C. The van der Waals surface area contributed by atoms with Gasteiger partial charge in [0.1, 0.15) is 19.8 Å². The molecular formula is C20H38N6O3Si2. The van der Waals surface area contributed by atoms with Gasteiger partial charge >= 0.3 is 0 Å². The number of ether oxygens (including phenoxy) is 2. The molecule has 0 saturated carbocycles. The van der Waals surface area contributed by atoms with Crippen LogP contribution in [-0.4, -0.2) is 67.0 Å². The van der Waals surface area contributed by atoms with E-state index in [1.165, 1.54) is 6.33 Å². The molecule has 0 saturated heterocycles. The summed E-state index contributed by atoms with van der Waals surface area (Å²) < 4.78 is 13.3. The molecule has 0 aromatic carbocycles. The van der Waals surface area contributed by atoms with E-state index in [0.717, 1.165) is 12.1 Å². The van der Waals surface area contributed by atoms with E-state index in [1.54, 1.807) is 9.58 Å². The smallest absolute Gasteiger partial charge is 0.232 e. The molecule has 0 N–H and O–H groups in total. The molecule has 2 rings (SSSR count). The van der Waals surface area contributed by atoms with E-state index in [0.29, 0.717) is 30.2 Å². The monoisotopic (exact) mass is 466 g/mol. The zero-order valence-electron chi connectivity index (χ0n) is 20.3. The number of aromatic nitrogens is 5. The number of nitrogens with zero attached hydrogens (tertiary/aromatic N) is 6. The first-order valence-corrected chi connectivity index (χ1v) is 18.3. The van der Waals surface area contributed by atoms with Crippen LogP contribution in [0.1, 0.15) is 13.8 Å². The van der Waals surface area contributed by atoms with Crippen LogP contribution in [0.25, 0.3) is 11.2 Å². The van der Waals surface area contributed by atoms with Gasteiger partial charge in [-0.25, -0.2) is 14.6 Å². The van der Waals surface area contributed by atoms with Crippen molar-refractivity contribution in [1.82, 2.24) is 25.0 Å². The van der Waals surface area contributed by atoms with E-state index in [1.807, 2.05) is 13.8 Å². The summed E-state index contributed by atoms with van der Waals surface area (Å²) in [5.41, 5.74) is 1.01. The lowest BCUT2D eigenvalue weighted by molar-refractivity contribution is -0.122. The van der Waals surface area contributed by atoms with Gasteiger partial charge in [0.2, 0.25) is 5.91 Å². The van der Waals surface area contributed by atoms with Crippen LogP contribution < -0.4 is 4.90 Å². The predicted octanol–water partition coefficient (Wildman–Crippen LogP) is 3.83. The molecule has 2 heterocycles. The summed E-state index contributed by atoms with van der Waals surface area (Å²) in [5.74, 6) is 0.143. The molecular weight excluding hydrogens is 428 g/mol. The fourth-order valence-electron chi connectivity index (χ4n) is 2.67. The molecule has 0 fully saturated rings. The Bertz CT molecular complexity index is 861. The topological polar surface area (TPSA) is 95.3 Å². The highest BCUT2D eigenvalue weighted by Crippen LogP contribution is 2.22. The van der Waals surface area contributed by atoms with Crippen LogP contribution in [0.5, 0.6) is 0 Å². The van der Waals surface area contributed by atoms with E-state index in [4.69, 9.17) is 9.47 Å². The number of amides is 1. The van der Waals surface area contributed by atoms with Crippen LogP contribution in [0, 0.1) is 5.92 Å². The van der Waals surface area contributed by atoms with Crippen LogP contribution in [0.3, 0.4) is 0 Å². The fraction of sp³-hybridized carbons (Fsp3) is 0.750. The van der Waals surface area contributed by atoms with Gasteiger partial charge in [-0.3, -0.25) is 9.69 Å². The third kappa shape index (κ3) is 8.06. The first-order valence-electron chi connectivity index (χ1n) is 10.9. The molecule has 0 atom stereocenters. The quantitative estimate of drug-likeness (QED) is 0.266. The molecule has 174 valence electrons. The average molecular weight is 467 g/mol. The van der Waals surface area contributed by atoms with Gasteiger partial charge in [-0.15, -0.1) is 5.10 Å². The summed E-state index contributed by atoms with van der Waals surface area (Å²) in [4.78, 5) is 23.1. The fourth-order valence-corrected chi connectivity index (χ4v) is 4.18. The van der Waals surface area contributed by atoms with Crippen LogP contribution in [0.15, 0.2) is 6.33 Å². The predicted molar refractivity (Wildman–Crippen MR) is 129 cm³/mol. The summed E-state index contributed by atoms with van der Waals surface area (Å²) >= 11 is 0. The van der Waals surface area contributed by atoms with Crippen molar-refractivity contribution in [2.24, 2.45) is 5.92 Å². The molecule has 2 aromatic rings. The Balaban J connectivity index is 2.18.